The summed E-state index contributed by atoms with van der Waals surface area (Å²) in [6.07, 6.45) is 2.22. The Morgan fingerprint density at radius 3 is 2.72 bits per heavy atom. The number of carbonyl (C=O) groups is 1. The highest BCUT2D eigenvalue weighted by Gasteiger charge is 2.36. The van der Waals surface area contributed by atoms with Crippen LogP contribution in [-0.4, -0.2) is 53.1 Å². The van der Waals surface area contributed by atoms with Crippen LogP contribution in [0.5, 0.6) is 0 Å². The van der Waals surface area contributed by atoms with Crippen LogP contribution in [0, 0.1) is 5.92 Å². The van der Waals surface area contributed by atoms with Crippen molar-refractivity contribution in [3.05, 3.63) is 36.2 Å². The zero-order valence-corrected chi connectivity index (χ0v) is 19.9. The fourth-order valence-electron chi connectivity index (χ4n) is 5.12. The minimum absolute atomic E-state index is 0.0568. The zero-order chi connectivity index (χ0) is 25.3. The summed E-state index contributed by atoms with van der Waals surface area (Å²) in [7, 11) is 0. The monoisotopic (exact) mass is 501 g/mol. The smallest absolute Gasteiger partial charge is 0.371 e. The summed E-state index contributed by atoms with van der Waals surface area (Å²) in [5, 5.41) is 7.19. The predicted molar refractivity (Wildman–Crippen MR) is 133 cm³/mol. The molecule has 4 heterocycles. The molecule has 0 saturated carbocycles. The van der Waals surface area contributed by atoms with E-state index in [4.69, 9.17) is 5.73 Å². The first kappa shape index (κ1) is 24.4. The highest BCUT2D eigenvalue weighted by Crippen LogP contribution is 2.39. The van der Waals surface area contributed by atoms with Crippen molar-refractivity contribution in [3.8, 4) is 11.3 Å². The molecule has 2 saturated heterocycles. The van der Waals surface area contributed by atoms with Crippen LogP contribution in [0.3, 0.4) is 0 Å². The van der Waals surface area contributed by atoms with Crippen LogP contribution in [0.1, 0.15) is 37.7 Å². The largest absolute Gasteiger partial charge is 0.419 e. The van der Waals surface area contributed by atoms with Crippen LogP contribution < -0.4 is 21.3 Å². The van der Waals surface area contributed by atoms with Crippen LogP contribution in [0.4, 0.5) is 24.8 Å². The number of carbonyl (C=O) groups excluding carboxylic acids is 1. The number of primary amides is 1. The minimum Gasteiger partial charge on any atom is -0.371 e. The summed E-state index contributed by atoms with van der Waals surface area (Å²) in [5.74, 6) is -0.194. The lowest BCUT2D eigenvalue weighted by Crippen LogP contribution is -2.38. The molecule has 5 rings (SSSR count). The number of alkyl halides is 3. The summed E-state index contributed by atoms with van der Waals surface area (Å²) < 4.78 is 41.8. The van der Waals surface area contributed by atoms with Crippen molar-refractivity contribution < 1.29 is 18.0 Å². The van der Waals surface area contributed by atoms with Gasteiger partial charge in [-0.1, -0.05) is 12.5 Å². The Balaban J connectivity index is 1.45. The molecule has 0 unspecified atom stereocenters. The maximum Gasteiger partial charge on any atom is 0.419 e. The Labute approximate surface area is 206 Å². The maximum atomic E-state index is 13.9. The molecule has 2 aromatic heterocycles. The van der Waals surface area contributed by atoms with E-state index < -0.39 is 11.7 Å². The molecule has 11 heteroatoms. The number of piperidine rings is 1. The number of rotatable bonds is 5. The van der Waals surface area contributed by atoms with Crippen molar-refractivity contribution in [2.24, 2.45) is 11.7 Å². The Kier molecular flexibility index (Phi) is 6.74. The van der Waals surface area contributed by atoms with Gasteiger partial charge >= 0.3 is 6.18 Å². The standard InChI is InChI=1S/C25H30F3N7O/c26-25(27,28)20-14-32-24(33-16-3-1-2-8-30-12-16)34-22(20)19-13-31-21-11-17(4-5-18(19)21)35-9-6-15(7-10-35)23(29)36/h4-5,11,13-16,30-31H,1-3,6-10,12H2,(H2,29,36)(H,32,33,34)/t16-/m0/s1. The molecule has 2 aliphatic rings. The molecule has 192 valence electrons. The summed E-state index contributed by atoms with van der Waals surface area (Å²) in [5.41, 5.74) is 6.45. The molecule has 0 aliphatic carbocycles. The van der Waals surface area contributed by atoms with Crippen molar-refractivity contribution in [2.45, 2.75) is 44.3 Å². The van der Waals surface area contributed by atoms with Crippen molar-refractivity contribution >= 4 is 28.4 Å². The summed E-state index contributed by atoms with van der Waals surface area (Å²) >= 11 is 0. The molecule has 5 N–H and O–H groups in total. The van der Waals surface area contributed by atoms with Crippen LogP contribution in [0.25, 0.3) is 22.2 Å². The SMILES string of the molecule is NC(=O)C1CCN(c2ccc3c(-c4nc(N[C@H]5CCCCNC5)ncc4C(F)(F)F)c[nH]c3c2)CC1. The molecule has 2 aliphatic heterocycles. The first-order chi connectivity index (χ1) is 17.3. The van der Waals surface area contributed by atoms with E-state index in [1.165, 1.54) is 0 Å². The lowest BCUT2D eigenvalue weighted by Gasteiger charge is -2.32. The molecule has 3 aromatic rings. The topological polar surface area (TPSA) is 112 Å². The van der Waals surface area contributed by atoms with Gasteiger partial charge in [-0.3, -0.25) is 4.79 Å². The van der Waals surface area contributed by atoms with E-state index in [1.54, 1.807) is 6.20 Å². The summed E-state index contributed by atoms with van der Waals surface area (Å²) in [6.45, 7) is 3.04. The van der Waals surface area contributed by atoms with Crippen LogP contribution >= 0.6 is 0 Å². The van der Waals surface area contributed by atoms with Crippen molar-refractivity contribution in [2.75, 3.05) is 36.4 Å². The van der Waals surface area contributed by atoms with E-state index in [2.05, 4.69) is 30.5 Å². The van der Waals surface area contributed by atoms with Gasteiger partial charge < -0.3 is 26.3 Å². The second-order valence-corrected chi connectivity index (χ2v) is 9.59. The van der Waals surface area contributed by atoms with E-state index in [9.17, 15) is 18.0 Å². The number of H-pyrrole nitrogens is 1. The van der Waals surface area contributed by atoms with Gasteiger partial charge in [-0.15, -0.1) is 0 Å². The van der Waals surface area contributed by atoms with Gasteiger partial charge in [0.05, 0.1) is 5.69 Å². The van der Waals surface area contributed by atoms with Crippen molar-refractivity contribution in [1.82, 2.24) is 20.3 Å². The zero-order valence-electron chi connectivity index (χ0n) is 19.9. The summed E-state index contributed by atoms with van der Waals surface area (Å²) in [4.78, 5) is 25.1. The maximum absolute atomic E-state index is 13.9. The molecule has 2 fully saturated rings. The summed E-state index contributed by atoms with van der Waals surface area (Å²) in [6, 6.07) is 5.70. The van der Waals surface area contributed by atoms with Gasteiger partial charge in [0.15, 0.2) is 0 Å². The number of hydrogen-bond donors (Lipinski definition) is 4. The van der Waals surface area contributed by atoms with Gasteiger partial charge in [-0.05, 0) is 44.4 Å². The molecule has 36 heavy (non-hydrogen) atoms. The molecule has 8 nitrogen and oxygen atoms in total. The molecule has 0 radical (unpaired) electrons. The highest BCUT2D eigenvalue weighted by atomic mass is 19.4. The number of nitrogens with two attached hydrogens (primary N) is 1. The van der Waals surface area contributed by atoms with Gasteiger partial charge in [0.2, 0.25) is 11.9 Å². The first-order valence-corrected chi connectivity index (χ1v) is 12.4. The average Bonchev–Trinajstić information content (AvgIpc) is 3.11. The molecule has 1 aromatic carbocycles. The molecule has 0 spiro atoms. The average molecular weight is 502 g/mol. The Morgan fingerprint density at radius 1 is 1.17 bits per heavy atom. The van der Waals surface area contributed by atoms with Crippen molar-refractivity contribution in [3.63, 3.8) is 0 Å². The number of aromatic amines is 1. The third kappa shape index (κ3) is 5.11. The van der Waals surface area contributed by atoms with E-state index in [0.717, 1.165) is 37.7 Å². The van der Waals surface area contributed by atoms with E-state index in [-0.39, 0.29) is 29.5 Å². The van der Waals surface area contributed by atoms with Crippen LogP contribution in [0.2, 0.25) is 0 Å². The number of hydrogen-bond acceptors (Lipinski definition) is 6. The third-order valence-corrected chi connectivity index (χ3v) is 7.16. The Bertz CT molecular complexity index is 1230. The quantitative estimate of drug-likeness (QED) is 0.422. The molecule has 0 bridgehead atoms. The number of fused-ring (bicyclic) bond motifs is 1. The number of nitrogens with zero attached hydrogens (tertiary/aromatic N) is 3. The second kappa shape index (κ2) is 9.96. The molecular formula is C25H30F3N7O. The minimum atomic E-state index is -4.59. The predicted octanol–water partition coefficient (Wildman–Crippen LogP) is 3.90. The molecule has 1 amide bonds. The van der Waals surface area contributed by atoms with E-state index in [1.807, 2.05) is 18.2 Å². The second-order valence-electron chi connectivity index (χ2n) is 9.59. The van der Waals surface area contributed by atoms with Gasteiger partial charge in [0.1, 0.15) is 5.56 Å². The van der Waals surface area contributed by atoms with E-state index >= 15 is 0 Å². The number of nitrogens with one attached hydrogen (secondary N) is 3. The number of benzene rings is 1. The third-order valence-electron chi connectivity index (χ3n) is 7.16. The highest BCUT2D eigenvalue weighted by molar-refractivity contribution is 5.97. The van der Waals surface area contributed by atoms with E-state index in [0.29, 0.717) is 48.9 Å². The number of aromatic nitrogens is 3. The lowest BCUT2D eigenvalue weighted by atomic mass is 9.96. The number of anilines is 2. The Hall–Kier alpha value is -3.34. The normalized spacial score (nSPS) is 19.9. The fraction of sp³-hybridized carbons (Fsp3) is 0.480. The number of halogens is 3. The molecular weight excluding hydrogens is 471 g/mol. The van der Waals surface area contributed by atoms with Gasteiger partial charge in [-0.2, -0.15) is 13.2 Å². The van der Waals surface area contributed by atoms with Crippen LogP contribution in [-0.2, 0) is 11.0 Å². The van der Waals surface area contributed by atoms with Gasteiger partial charge in [0.25, 0.3) is 0 Å². The lowest BCUT2D eigenvalue weighted by molar-refractivity contribution is -0.137. The van der Waals surface area contributed by atoms with Crippen LogP contribution in [0.15, 0.2) is 30.6 Å². The first-order valence-electron chi connectivity index (χ1n) is 12.4. The molecule has 1 atom stereocenters. The van der Waals surface area contributed by atoms with Crippen molar-refractivity contribution in [1.29, 1.82) is 0 Å². The number of amides is 1. The van der Waals surface area contributed by atoms with Gasteiger partial charge in [0, 0.05) is 66.1 Å². The fourth-order valence-corrected chi connectivity index (χ4v) is 5.12. The Morgan fingerprint density at radius 2 is 1.97 bits per heavy atom. The van der Waals surface area contributed by atoms with Gasteiger partial charge in [-0.25, -0.2) is 9.97 Å².